The van der Waals surface area contributed by atoms with Crippen molar-refractivity contribution in [2.45, 2.75) is 0 Å². The van der Waals surface area contributed by atoms with Gasteiger partial charge in [-0.25, -0.2) is 4.39 Å². The summed E-state index contributed by atoms with van der Waals surface area (Å²) in [6.45, 7) is 0. The number of nitrogens with zero attached hydrogens (tertiary/aromatic N) is 2. The maximum atomic E-state index is 13.3. The summed E-state index contributed by atoms with van der Waals surface area (Å²) in [6, 6.07) is 6.22. The van der Waals surface area contributed by atoms with Gasteiger partial charge in [-0.05, 0) is 17.6 Å². The molecule has 14 heavy (non-hydrogen) atoms. The highest BCUT2D eigenvalue weighted by Crippen LogP contribution is 2.27. The first-order chi connectivity index (χ1) is 6.83. The highest BCUT2D eigenvalue weighted by atomic mass is 32.1. The average molecular weight is 208 g/mol. The number of rotatable bonds is 2. The van der Waals surface area contributed by atoms with E-state index in [1.165, 1.54) is 6.07 Å². The van der Waals surface area contributed by atoms with Crippen molar-refractivity contribution in [1.82, 2.24) is 9.59 Å². The molecule has 0 saturated heterocycles. The highest BCUT2D eigenvalue weighted by molar-refractivity contribution is 7.09. The van der Waals surface area contributed by atoms with Gasteiger partial charge in [0.15, 0.2) is 6.29 Å². The van der Waals surface area contributed by atoms with Gasteiger partial charge in [0.25, 0.3) is 0 Å². The molecule has 5 heteroatoms. The largest absolute Gasteiger partial charge is 0.296 e. The molecule has 2 aromatic rings. The summed E-state index contributed by atoms with van der Waals surface area (Å²) in [7, 11) is 0. The first-order valence-electron chi connectivity index (χ1n) is 3.85. The van der Waals surface area contributed by atoms with E-state index < -0.39 is 0 Å². The van der Waals surface area contributed by atoms with E-state index in [9.17, 15) is 9.18 Å². The lowest BCUT2D eigenvalue weighted by molar-refractivity contribution is 0.111. The molecule has 0 N–H and O–H groups in total. The SMILES string of the molecule is O=Cc1nnsc1-c1ccccc1F. The molecule has 2 rings (SSSR count). The Labute approximate surface area is 83.4 Å². The van der Waals surface area contributed by atoms with E-state index in [1.54, 1.807) is 18.2 Å². The molecule has 0 aliphatic carbocycles. The van der Waals surface area contributed by atoms with E-state index in [1.807, 2.05) is 0 Å². The Morgan fingerprint density at radius 1 is 1.36 bits per heavy atom. The third kappa shape index (κ3) is 1.42. The molecule has 0 atom stereocenters. The molecule has 1 aromatic carbocycles. The fourth-order valence-corrected chi connectivity index (χ4v) is 1.76. The molecule has 0 fully saturated rings. The van der Waals surface area contributed by atoms with Gasteiger partial charge in [0, 0.05) is 5.56 Å². The van der Waals surface area contributed by atoms with E-state index in [2.05, 4.69) is 9.59 Å². The molecule has 0 spiro atoms. The molecular formula is C9H5FN2OS. The standard InChI is InChI=1S/C9H5FN2OS/c10-7-4-2-1-3-6(7)9-8(5-13)11-12-14-9/h1-5H. The lowest BCUT2D eigenvalue weighted by atomic mass is 10.1. The maximum Gasteiger partial charge on any atom is 0.171 e. The average Bonchev–Trinajstić information content (AvgIpc) is 2.66. The van der Waals surface area contributed by atoms with Crippen molar-refractivity contribution in [1.29, 1.82) is 0 Å². The van der Waals surface area contributed by atoms with E-state index in [4.69, 9.17) is 0 Å². The van der Waals surface area contributed by atoms with Gasteiger partial charge in [0.1, 0.15) is 11.5 Å². The Kier molecular flexibility index (Phi) is 2.32. The molecule has 0 saturated carbocycles. The number of carbonyl (C=O) groups is 1. The van der Waals surface area contributed by atoms with Crippen molar-refractivity contribution >= 4 is 17.8 Å². The summed E-state index contributed by atoms with van der Waals surface area (Å²) in [5.74, 6) is -0.373. The molecule has 70 valence electrons. The minimum Gasteiger partial charge on any atom is -0.296 e. The zero-order valence-electron chi connectivity index (χ0n) is 6.98. The Bertz CT molecular complexity index is 469. The second-order valence-corrected chi connectivity index (χ2v) is 3.34. The van der Waals surface area contributed by atoms with Crippen molar-refractivity contribution in [3.05, 3.63) is 35.8 Å². The van der Waals surface area contributed by atoms with Crippen molar-refractivity contribution in [3.8, 4) is 10.4 Å². The van der Waals surface area contributed by atoms with E-state index in [-0.39, 0.29) is 11.5 Å². The molecule has 0 aliphatic rings. The molecule has 0 unspecified atom stereocenters. The topological polar surface area (TPSA) is 42.9 Å². The summed E-state index contributed by atoms with van der Waals surface area (Å²) in [5, 5.41) is 3.59. The van der Waals surface area contributed by atoms with Crippen LogP contribution in [0.1, 0.15) is 10.5 Å². The van der Waals surface area contributed by atoms with E-state index in [0.29, 0.717) is 16.7 Å². The summed E-state index contributed by atoms with van der Waals surface area (Å²) in [6.07, 6.45) is 0.575. The number of hydrogen-bond donors (Lipinski definition) is 0. The first-order valence-corrected chi connectivity index (χ1v) is 4.62. The van der Waals surface area contributed by atoms with Gasteiger partial charge >= 0.3 is 0 Å². The Balaban J connectivity index is 2.60. The second kappa shape index (κ2) is 3.63. The molecule has 0 bridgehead atoms. The molecular weight excluding hydrogens is 203 g/mol. The van der Waals surface area contributed by atoms with Crippen LogP contribution in [0.5, 0.6) is 0 Å². The number of hydrogen-bond acceptors (Lipinski definition) is 4. The number of benzene rings is 1. The molecule has 0 aliphatic heterocycles. The lowest BCUT2D eigenvalue weighted by Crippen LogP contribution is -1.86. The summed E-state index contributed by atoms with van der Waals surface area (Å²) >= 11 is 1.01. The summed E-state index contributed by atoms with van der Waals surface area (Å²) in [4.78, 5) is 11.0. The lowest BCUT2D eigenvalue weighted by Gasteiger charge is -1.97. The van der Waals surface area contributed by atoms with Gasteiger partial charge in [-0.15, -0.1) is 5.10 Å². The quantitative estimate of drug-likeness (QED) is 0.710. The second-order valence-electron chi connectivity index (χ2n) is 2.58. The van der Waals surface area contributed by atoms with Crippen molar-refractivity contribution < 1.29 is 9.18 Å². The van der Waals surface area contributed by atoms with Crippen LogP contribution in [0.2, 0.25) is 0 Å². The zero-order valence-corrected chi connectivity index (χ0v) is 7.79. The molecule has 1 aromatic heterocycles. The van der Waals surface area contributed by atoms with Gasteiger partial charge in [0.2, 0.25) is 0 Å². The summed E-state index contributed by atoms with van der Waals surface area (Å²) in [5.41, 5.74) is 0.546. The van der Waals surface area contributed by atoms with Gasteiger partial charge in [-0.2, -0.15) is 0 Å². The highest BCUT2D eigenvalue weighted by Gasteiger charge is 2.12. The number of carbonyl (C=O) groups excluding carboxylic acids is 1. The van der Waals surface area contributed by atoms with Crippen molar-refractivity contribution in [2.24, 2.45) is 0 Å². The Morgan fingerprint density at radius 3 is 2.86 bits per heavy atom. The van der Waals surface area contributed by atoms with Crippen LogP contribution >= 0.6 is 11.5 Å². The van der Waals surface area contributed by atoms with Crippen molar-refractivity contribution in [2.75, 3.05) is 0 Å². The normalized spacial score (nSPS) is 10.1. The number of halogens is 1. The van der Waals surface area contributed by atoms with Crippen molar-refractivity contribution in [3.63, 3.8) is 0 Å². The number of aromatic nitrogens is 2. The van der Waals surface area contributed by atoms with Gasteiger partial charge in [0.05, 0.1) is 4.88 Å². The summed E-state index contributed by atoms with van der Waals surface area (Å²) < 4.78 is 16.9. The first kappa shape index (κ1) is 8.96. The fourth-order valence-electron chi connectivity index (χ4n) is 1.11. The molecule has 1 heterocycles. The number of aldehydes is 1. The van der Waals surface area contributed by atoms with Crippen LogP contribution in [0.25, 0.3) is 10.4 Å². The maximum absolute atomic E-state index is 13.3. The Hall–Kier alpha value is -1.62. The van der Waals surface area contributed by atoms with Gasteiger partial charge in [-0.1, -0.05) is 22.7 Å². The van der Waals surface area contributed by atoms with E-state index >= 15 is 0 Å². The van der Waals surface area contributed by atoms with Crippen LogP contribution in [-0.2, 0) is 0 Å². The van der Waals surface area contributed by atoms with Gasteiger partial charge < -0.3 is 0 Å². The van der Waals surface area contributed by atoms with Crippen LogP contribution in [0.15, 0.2) is 24.3 Å². The fraction of sp³-hybridized carbons (Fsp3) is 0. The van der Waals surface area contributed by atoms with Crippen LogP contribution < -0.4 is 0 Å². The predicted octanol–water partition coefficient (Wildman–Crippen LogP) is 2.16. The minimum absolute atomic E-state index is 0.181. The van der Waals surface area contributed by atoms with Crippen LogP contribution in [0.4, 0.5) is 4.39 Å². The monoisotopic (exact) mass is 208 g/mol. The van der Waals surface area contributed by atoms with Crippen LogP contribution in [0.3, 0.4) is 0 Å². The predicted molar refractivity (Wildman–Crippen MR) is 50.7 cm³/mol. The Morgan fingerprint density at radius 2 is 2.14 bits per heavy atom. The third-order valence-electron chi connectivity index (χ3n) is 1.74. The zero-order chi connectivity index (χ0) is 9.97. The smallest absolute Gasteiger partial charge is 0.171 e. The van der Waals surface area contributed by atoms with Crippen LogP contribution in [0, 0.1) is 5.82 Å². The third-order valence-corrected chi connectivity index (χ3v) is 2.52. The van der Waals surface area contributed by atoms with E-state index in [0.717, 1.165) is 11.5 Å². The van der Waals surface area contributed by atoms with Gasteiger partial charge in [-0.3, -0.25) is 4.79 Å². The molecule has 0 radical (unpaired) electrons. The molecule has 0 amide bonds. The van der Waals surface area contributed by atoms with Crippen LogP contribution in [-0.4, -0.2) is 15.9 Å². The molecule has 3 nitrogen and oxygen atoms in total. The minimum atomic E-state index is -0.373.